The maximum absolute atomic E-state index is 8.82. The average molecular weight is 336 g/mol. The average Bonchev–Trinajstić information content (AvgIpc) is 2.84. The van der Waals surface area contributed by atoms with Gasteiger partial charge >= 0.3 is 0 Å². The van der Waals surface area contributed by atoms with E-state index in [-0.39, 0.29) is 0 Å². The van der Waals surface area contributed by atoms with Crippen LogP contribution >= 0.6 is 27.3 Å². The van der Waals surface area contributed by atoms with Gasteiger partial charge in [-0.1, -0.05) is 15.9 Å². The number of rotatable bonds is 4. The SMILES string of the molecule is CN(C)c1ccc(Br)cc1NCc1ccc(C#N)s1. The van der Waals surface area contributed by atoms with Crippen molar-refractivity contribution in [2.24, 2.45) is 0 Å². The van der Waals surface area contributed by atoms with Gasteiger partial charge in [0, 0.05) is 30.0 Å². The van der Waals surface area contributed by atoms with Crippen molar-refractivity contribution in [1.82, 2.24) is 0 Å². The van der Waals surface area contributed by atoms with Crippen LogP contribution in [-0.2, 0) is 6.54 Å². The number of halogens is 1. The Morgan fingerprint density at radius 2 is 2.11 bits per heavy atom. The molecule has 0 amide bonds. The highest BCUT2D eigenvalue weighted by Gasteiger charge is 2.06. The molecule has 2 rings (SSSR count). The summed E-state index contributed by atoms with van der Waals surface area (Å²) in [6, 6.07) is 12.2. The van der Waals surface area contributed by atoms with E-state index in [0.29, 0.717) is 0 Å². The van der Waals surface area contributed by atoms with E-state index in [4.69, 9.17) is 5.26 Å². The van der Waals surface area contributed by atoms with Gasteiger partial charge in [0.2, 0.25) is 0 Å². The molecule has 0 saturated heterocycles. The van der Waals surface area contributed by atoms with Crippen LogP contribution in [0.2, 0.25) is 0 Å². The van der Waals surface area contributed by atoms with E-state index in [1.165, 1.54) is 11.3 Å². The van der Waals surface area contributed by atoms with Gasteiger partial charge in [0.15, 0.2) is 0 Å². The summed E-state index contributed by atoms with van der Waals surface area (Å²) < 4.78 is 1.05. The van der Waals surface area contributed by atoms with E-state index in [1.807, 2.05) is 32.3 Å². The number of anilines is 2. The molecule has 1 aromatic heterocycles. The first-order valence-corrected chi connectivity index (χ1v) is 7.40. The summed E-state index contributed by atoms with van der Waals surface area (Å²) in [5, 5.41) is 12.2. The lowest BCUT2D eigenvalue weighted by molar-refractivity contribution is 1.11. The molecule has 0 radical (unpaired) electrons. The van der Waals surface area contributed by atoms with Crippen LogP contribution in [0.25, 0.3) is 0 Å². The molecule has 0 aliphatic heterocycles. The number of benzene rings is 1. The van der Waals surface area contributed by atoms with Gasteiger partial charge in [0.05, 0.1) is 11.4 Å². The molecule has 1 aromatic carbocycles. The zero-order valence-electron chi connectivity index (χ0n) is 10.8. The summed E-state index contributed by atoms with van der Waals surface area (Å²) in [5.74, 6) is 0. The summed E-state index contributed by atoms with van der Waals surface area (Å²) in [7, 11) is 4.04. The minimum atomic E-state index is 0.726. The lowest BCUT2D eigenvalue weighted by atomic mass is 10.2. The van der Waals surface area contributed by atoms with E-state index in [2.05, 4.69) is 44.3 Å². The molecule has 0 aliphatic rings. The number of hydrogen-bond acceptors (Lipinski definition) is 4. The van der Waals surface area contributed by atoms with Crippen LogP contribution in [0.5, 0.6) is 0 Å². The van der Waals surface area contributed by atoms with Crippen LogP contribution in [0, 0.1) is 11.3 Å². The molecule has 3 nitrogen and oxygen atoms in total. The fraction of sp³-hybridized carbons (Fsp3) is 0.214. The molecule has 1 N–H and O–H groups in total. The zero-order chi connectivity index (χ0) is 13.8. The standard InChI is InChI=1S/C14H14BrN3S/c1-18(2)14-6-3-10(15)7-13(14)17-9-12-5-4-11(8-16)19-12/h3-7,17H,9H2,1-2H3. The van der Waals surface area contributed by atoms with Gasteiger partial charge in [-0.3, -0.25) is 0 Å². The highest BCUT2D eigenvalue weighted by atomic mass is 79.9. The van der Waals surface area contributed by atoms with Crippen LogP contribution in [0.3, 0.4) is 0 Å². The molecular formula is C14H14BrN3S. The quantitative estimate of drug-likeness (QED) is 0.915. The first-order chi connectivity index (χ1) is 9.10. The van der Waals surface area contributed by atoms with Crippen molar-refractivity contribution in [3.63, 3.8) is 0 Å². The van der Waals surface area contributed by atoms with Gasteiger partial charge in [0.1, 0.15) is 10.9 Å². The van der Waals surface area contributed by atoms with Crippen LogP contribution in [-0.4, -0.2) is 14.1 Å². The van der Waals surface area contributed by atoms with Crippen molar-refractivity contribution in [2.75, 3.05) is 24.3 Å². The maximum Gasteiger partial charge on any atom is 0.110 e. The van der Waals surface area contributed by atoms with Crippen molar-refractivity contribution < 1.29 is 0 Å². The zero-order valence-corrected chi connectivity index (χ0v) is 13.2. The summed E-state index contributed by atoms with van der Waals surface area (Å²) in [5.41, 5.74) is 2.21. The molecule has 0 bridgehead atoms. The van der Waals surface area contributed by atoms with E-state index in [1.54, 1.807) is 0 Å². The Hall–Kier alpha value is -1.51. The fourth-order valence-corrected chi connectivity index (χ4v) is 2.86. The Labute approximate surface area is 125 Å². The Morgan fingerprint density at radius 1 is 1.32 bits per heavy atom. The van der Waals surface area contributed by atoms with Gasteiger partial charge < -0.3 is 10.2 Å². The Balaban J connectivity index is 2.14. The third-order valence-corrected chi connectivity index (χ3v) is 4.15. The van der Waals surface area contributed by atoms with Crippen molar-refractivity contribution in [2.45, 2.75) is 6.54 Å². The van der Waals surface area contributed by atoms with Gasteiger partial charge in [0.25, 0.3) is 0 Å². The monoisotopic (exact) mass is 335 g/mol. The summed E-state index contributed by atoms with van der Waals surface area (Å²) >= 11 is 5.01. The third-order valence-electron chi connectivity index (χ3n) is 2.67. The van der Waals surface area contributed by atoms with Crippen molar-refractivity contribution in [3.8, 4) is 6.07 Å². The smallest absolute Gasteiger partial charge is 0.110 e. The Kier molecular flexibility index (Phi) is 4.46. The lowest BCUT2D eigenvalue weighted by Gasteiger charge is -2.18. The largest absolute Gasteiger partial charge is 0.378 e. The molecule has 5 heteroatoms. The molecule has 0 saturated carbocycles. The van der Waals surface area contributed by atoms with Crippen molar-refractivity contribution >= 4 is 38.6 Å². The predicted molar refractivity (Wildman–Crippen MR) is 84.8 cm³/mol. The second-order valence-corrected chi connectivity index (χ2v) is 6.37. The molecule has 19 heavy (non-hydrogen) atoms. The van der Waals surface area contributed by atoms with Gasteiger partial charge in [-0.05, 0) is 30.3 Å². The first-order valence-electron chi connectivity index (χ1n) is 5.79. The second kappa shape index (κ2) is 6.09. The van der Waals surface area contributed by atoms with E-state index in [9.17, 15) is 0 Å². The van der Waals surface area contributed by atoms with Crippen LogP contribution in [0.1, 0.15) is 9.75 Å². The fourth-order valence-electron chi connectivity index (χ4n) is 1.76. The second-order valence-electron chi connectivity index (χ2n) is 4.29. The molecule has 0 fully saturated rings. The van der Waals surface area contributed by atoms with Crippen molar-refractivity contribution in [1.29, 1.82) is 5.26 Å². The molecular weight excluding hydrogens is 322 g/mol. The van der Waals surface area contributed by atoms with Crippen LogP contribution < -0.4 is 10.2 Å². The van der Waals surface area contributed by atoms with E-state index in [0.717, 1.165) is 32.1 Å². The Bertz CT molecular complexity index is 613. The van der Waals surface area contributed by atoms with Gasteiger partial charge in [-0.25, -0.2) is 0 Å². The van der Waals surface area contributed by atoms with Gasteiger partial charge in [-0.15, -0.1) is 11.3 Å². The number of thiophene rings is 1. The minimum absolute atomic E-state index is 0.726. The molecule has 0 unspecified atom stereocenters. The summed E-state index contributed by atoms with van der Waals surface area (Å²) in [6.07, 6.45) is 0. The predicted octanol–water partition coefficient (Wildman–Crippen LogP) is 4.06. The number of nitrogens with one attached hydrogen (secondary N) is 1. The number of hydrogen-bond donors (Lipinski definition) is 1. The highest BCUT2D eigenvalue weighted by Crippen LogP contribution is 2.29. The number of nitriles is 1. The third kappa shape index (κ3) is 3.49. The molecule has 98 valence electrons. The first kappa shape index (κ1) is 13.9. The summed E-state index contributed by atoms with van der Waals surface area (Å²) in [4.78, 5) is 3.98. The van der Waals surface area contributed by atoms with Gasteiger partial charge in [-0.2, -0.15) is 5.26 Å². The van der Waals surface area contributed by atoms with Crippen molar-refractivity contribution in [3.05, 3.63) is 44.6 Å². The van der Waals surface area contributed by atoms with Crippen LogP contribution in [0.4, 0.5) is 11.4 Å². The van der Waals surface area contributed by atoms with E-state index >= 15 is 0 Å². The highest BCUT2D eigenvalue weighted by molar-refractivity contribution is 9.10. The topological polar surface area (TPSA) is 39.1 Å². The molecule has 0 spiro atoms. The maximum atomic E-state index is 8.82. The molecule has 0 atom stereocenters. The minimum Gasteiger partial charge on any atom is -0.378 e. The molecule has 1 heterocycles. The summed E-state index contributed by atoms with van der Waals surface area (Å²) in [6.45, 7) is 0.726. The normalized spacial score (nSPS) is 10.0. The molecule has 0 aliphatic carbocycles. The van der Waals surface area contributed by atoms with Crippen LogP contribution in [0.15, 0.2) is 34.8 Å². The Morgan fingerprint density at radius 3 is 2.74 bits per heavy atom. The van der Waals surface area contributed by atoms with E-state index < -0.39 is 0 Å². The number of nitrogens with zero attached hydrogens (tertiary/aromatic N) is 2. The molecule has 2 aromatic rings. The lowest BCUT2D eigenvalue weighted by Crippen LogP contribution is -2.12.